The van der Waals surface area contributed by atoms with Gasteiger partial charge in [-0.3, -0.25) is 9.59 Å². The Bertz CT molecular complexity index is 810. The monoisotopic (exact) mass is 392 g/mol. The molecule has 0 unspecified atom stereocenters. The zero-order valence-corrected chi connectivity index (χ0v) is 15.6. The summed E-state index contributed by atoms with van der Waals surface area (Å²) in [4.78, 5) is 28.7. The van der Waals surface area contributed by atoms with Crippen molar-refractivity contribution in [3.63, 3.8) is 0 Å². The highest BCUT2D eigenvalue weighted by Crippen LogP contribution is 2.22. The Labute approximate surface area is 160 Å². The van der Waals surface area contributed by atoms with Crippen molar-refractivity contribution < 1.29 is 14.0 Å². The number of carbonyl (C=O) groups excluding carboxylic acids is 2. The van der Waals surface area contributed by atoms with Crippen molar-refractivity contribution in [1.82, 2.24) is 9.80 Å². The summed E-state index contributed by atoms with van der Waals surface area (Å²) >= 11 is 7.13. The van der Waals surface area contributed by atoms with E-state index in [2.05, 4.69) is 0 Å². The summed E-state index contributed by atoms with van der Waals surface area (Å²) in [5.41, 5.74) is 0.549. The lowest BCUT2D eigenvalue weighted by molar-refractivity contribution is -0.129. The molecule has 0 aromatic heterocycles. The van der Waals surface area contributed by atoms with Gasteiger partial charge < -0.3 is 9.80 Å². The number of hydrogen-bond donors (Lipinski definition) is 0. The van der Waals surface area contributed by atoms with Gasteiger partial charge in [0.15, 0.2) is 0 Å². The van der Waals surface area contributed by atoms with E-state index in [1.54, 1.807) is 52.3 Å². The molecule has 4 nitrogen and oxygen atoms in total. The van der Waals surface area contributed by atoms with Crippen LogP contribution in [0.5, 0.6) is 0 Å². The average Bonchev–Trinajstić information content (AvgIpc) is 2.66. The molecule has 1 aliphatic heterocycles. The van der Waals surface area contributed by atoms with Crippen LogP contribution < -0.4 is 0 Å². The van der Waals surface area contributed by atoms with E-state index >= 15 is 0 Å². The molecule has 0 radical (unpaired) electrons. The molecule has 26 heavy (non-hydrogen) atoms. The van der Waals surface area contributed by atoms with E-state index in [4.69, 9.17) is 11.6 Å². The first-order valence-electron chi connectivity index (χ1n) is 8.24. The molecular formula is C19H18ClFN2O2S. The van der Waals surface area contributed by atoms with Gasteiger partial charge in [-0.15, -0.1) is 11.8 Å². The highest BCUT2D eigenvalue weighted by molar-refractivity contribution is 8.00. The van der Waals surface area contributed by atoms with Gasteiger partial charge in [0.2, 0.25) is 5.91 Å². The molecule has 1 heterocycles. The number of amides is 2. The number of carbonyl (C=O) groups is 2. The molecule has 0 spiro atoms. The second-order valence-electron chi connectivity index (χ2n) is 5.90. The van der Waals surface area contributed by atoms with E-state index in [1.807, 2.05) is 0 Å². The van der Waals surface area contributed by atoms with E-state index < -0.39 is 0 Å². The van der Waals surface area contributed by atoms with Gasteiger partial charge in [-0.2, -0.15) is 0 Å². The van der Waals surface area contributed by atoms with Crippen molar-refractivity contribution in [3.8, 4) is 0 Å². The molecule has 2 amide bonds. The Morgan fingerprint density at radius 3 is 2.38 bits per heavy atom. The van der Waals surface area contributed by atoms with Gasteiger partial charge in [0.25, 0.3) is 5.91 Å². The average molecular weight is 393 g/mol. The molecular weight excluding hydrogens is 375 g/mol. The van der Waals surface area contributed by atoms with Crippen molar-refractivity contribution in [2.24, 2.45) is 0 Å². The maximum Gasteiger partial charge on any atom is 0.254 e. The Hall–Kier alpha value is -2.05. The second kappa shape index (κ2) is 8.56. The lowest BCUT2D eigenvalue weighted by Crippen LogP contribution is -2.51. The minimum Gasteiger partial charge on any atom is -0.338 e. The number of benzene rings is 2. The van der Waals surface area contributed by atoms with E-state index in [1.165, 1.54) is 17.8 Å². The first-order valence-corrected chi connectivity index (χ1v) is 9.61. The van der Waals surface area contributed by atoms with Crippen LogP contribution in [0, 0.1) is 5.82 Å². The SMILES string of the molecule is O=C(CSc1ccccc1F)N1CCN(C(=O)c2cccc(Cl)c2)CC1. The topological polar surface area (TPSA) is 40.6 Å². The first-order chi connectivity index (χ1) is 12.5. The van der Waals surface area contributed by atoms with Gasteiger partial charge in [-0.1, -0.05) is 29.8 Å². The number of halogens is 2. The van der Waals surface area contributed by atoms with Crippen molar-refractivity contribution in [3.05, 3.63) is 64.9 Å². The van der Waals surface area contributed by atoms with Crippen molar-refractivity contribution in [2.45, 2.75) is 4.90 Å². The summed E-state index contributed by atoms with van der Waals surface area (Å²) < 4.78 is 13.6. The van der Waals surface area contributed by atoms with Crippen LogP contribution in [-0.2, 0) is 4.79 Å². The van der Waals surface area contributed by atoms with Crippen molar-refractivity contribution >= 4 is 35.2 Å². The molecule has 0 bridgehead atoms. The smallest absolute Gasteiger partial charge is 0.254 e. The third-order valence-electron chi connectivity index (χ3n) is 4.18. The van der Waals surface area contributed by atoms with Crippen LogP contribution in [-0.4, -0.2) is 53.5 Å². The van der Waals surface area contributed by atoms with E-state index in [-0.39, 0.29) is 23.4 Å². The fourth-order valence-electron chi connectivity index (χ4n) is 2.76. The van der Waals surface area contributed by atoms with Crippen molar-refractivity contribution in [1.29, 1.82) is 0 Å². The van der Waals surface area contributed by atoms with E-state index in [0.29, 0.717) is 41.7 Å². The van der Waals surface area contributed by atoms with Crippen LogP contribution in [0.15, 0.2) is 53.4 Å². The number of rotatable bonds is 4. The highest BCUT2D eigenvalue weighted by Gasteiger charge is 2.25. The molecule has 7 heteroatoms. The maximum absolute atomic E-state index is 13.6. The van der Waals surface area contributed by atoms with Crippen LogP contribution in [0.2, 0.25) is 5.02 Å². The minimum absolute atomic E-state index is 0.0480. The summed E-state index contributed by atoms with van der Waals surface area (Å²) in [6.07, 6.45) is 0. The van der Waals surface area contributed by atoms with Crippen LogP contribution in [0.1, 0.15) is 10.4 Å². The molecule has 3 rings (SSSR count). The fraction of sp³-hybridized carbons (Fsp3) is 0.263. The number of nitrogens with zero attached hydrogens (tertiary/aromatic N) is 2. The van der Waals surface area contributed by atoms with Crippen LogP contribution in [0.4, 0.5) is 4.39 Å². The summed E-state index contributed by atoms with van der Waals surface area (Å²) in [5.74, 6) is -0.265. The fourth-order valence-corrected chi connectivity index (χ4v) is 3.79. The van der Waals surface area contributed by atoms with Crippen molar-refractivity contribution in [2.75, 3.05) is 31.9 Å². The third-order valence-corrected chi connectivity index (χ3v) is 5.45. The van der Waals surface area contributed by atoms with Gasteiger partial charge >= 0.3 is 0 Å². The summed E-state index contributed by atoms with van der Waals surface area (Å²) in [6, 6.07) is 13.3. The quantitative estimate of drug-likeness (QED) is 0.747. The molecule has 0 saturated carbocycles. The summed E-state index contributed by atoms with van der Waals surface area (Å²) in [7, 11) is 0. The Balaban J connectivity index is 1.51. The molecule has 2 aromatic carbocycles. The lowest BCUT2D eigenvalue weighted by Gasteiger charge is -2.34. The molecule has 1 fully saturated rings. The molecule has 1 saturated heterocycles. The standard InChI is InChI=1S/C19H18ClFN2O2S/c20-15-5-3-4-14(12-15)19(25)23-10-8-22(9-11-23)18(24)13-26-17-7-2-1-6-16(17)21/h1-7,12H,8-11,13H2. The molecule has 1 aliphatic rings. The molecule has 136 valence electrons. The Kier molecular flexibility index (Phi) is 6.16. The van der Waals surface area contributed by atoms with Gasteiger partial charge in [-0.05, 0) is 30.3 Å². The first kappa shape index (κ1) is 18.7. The van der Waals surface area contributed by atoms with E-state index in [9.17, 15) is 14.0 Å². The zero-order chi connectivity index (χ0) is 18.5. The van der Waals surface area contributed by atoms with Crippen LogP contribution in [0.25, 0.3) is 0 Å². The van der Waals surface area contributed by atoms with Crippen LogP contribution in [0.3, 0.4) is 0 Å². The molecule has 0 atom stereocenters. The van der Waals surface area contributed by atoms with Crippen LogP contribution >= 0.6 is 23.4 Å². The molecule has 0 aliphatic carbocycles. The maximum atomic E-state index is 13.6. The van der Waals surface area contributed by atoms with E-state index in [0.717, 1.165) is 0 Å². The minimum atomic E-state index is -0.317. The second-order valence-corrected chi connectivity index (χ2v) is 7.36. The van der Waals surface area contributed by atoms with Gasteiger partial charge in [0.05, 0.1) is 5.75 Å². The zero-order valence-electron chi connectivity index (χ0n) is 14.0. The molecule has 2 aromatic rings. The predicted molar refractivity (Wildman–Crippen MR) is 101 cm³/mol. The number of hydrogen-bond acceptors (Lipinski definition) is 3. The normalized spacial score (nSPS) is 14.4. The predicted octanol–water partition coefficient (Wildman–Crippen LogP) is 3.56. The van der Waals surface area contributed by atoms with Gasteiger partial charge in [0, 0.05) is 41.7 Å². The van der Waals surface area contributed by atoms with Gasteiger partial charge in [0.1, 0.15) is 5.82 Å². The highest BCUT2D eigenvalue weighted by atomic mass is 35.5. The Morgan fingerprint density at radius 2 is 1.69 bits per heavy atom. The lowest BCUT2D eigenvalue weighted by atomic mass is 10.2. The largest absolute Gasteiger partial charge is 0.338 e. The third kappa shape index (κ3) is 4.56. The molecule has 0 N–H and O–H groups in total. The number of piperazine rings is 1. The summed E-state index contributed by atoms with van der Waals surface area (Å²) in [6.45, 7) is 1.90. The Morgan fingerprint density at radius 1 is 1.00 bits per heavy atom. The number of thioether (sulfide) groups is 1. The summed E-state index contributed by atoms with van der Waals surface area (Å²) in [5, 5.41) is 0.523. The van der Waals surface area contributed by atoms with Gasteiger partial charge in [-0.25, -0.2) is 4.39 Å².